The summed E-state index contributed by atoms with van der Waals surface area (Å²) in [6, 6.07) is 5.84. The minimum absolute atomic E-state index is 0.0676. The molecule has 0 aliphatic carbocycles. The first-order chi connectivity index (χ1) is 13.9. The molecule has 1 amide bonds. The second-order valence-electron chi connectivity index (χ2n) is 6.64. The molecule has 0 radical (unpaired) electrons. The summed E-state index contributed by atoms with van der Waals surface area (Å²) < 4.78 is 48.0. The first-order valence-corrected chi connectivity index (χ1v) is 10.7. The predicted octanol–water partition coefficient (Wildman–Crippen LogP) is 1.12. The fourth-order valence-corrected chi connectivity index (χ4v) is 4.70. The van der Waals surface area contributed by atoms with Gasteiger partial charge in [-0.25, -0.2) is 12.8 Å². The largest absolute Gasteiger partial charge is 0.495 e. The third-order valence-electron chi connectivity index (χ3n) is 4.70. The highest BCUT2D eigenvalue weighted by molar-refractivity contribution is 7.89. The number of rotatable bonds is 7. The number of pyridine rings is 1. The molecule has 1 saturated heterocycles. The van der Waals surface area contributed by atoms with Gasteiger partial charge in [-0.05, 0) is 37.1 Å². The van der Waals surface area contributed by atoms with Gasteiger partial charge in [0.1, 0.15) is 22.5 Å². The van der Waals surface area contributed by atoms with Gasteiger partial charge in [0.05, 0.1) is 12.8 Å². The van der Waals surface area contributed by atoms with Crippen molar-refractivity contribution >= 4 is 15.9 Å². The molecule has 1 aromatic carbocycles. The quantitative estimate of drug-likeness (QED) is 0.691. The Morgan fingerprint density at radius 1 is 1.34 bits per heavy atom. The minimum atomic E-state index is -4.31. The molecule has 2 heterocycles. The summed E-state index contributed by atoms with van der Waals surface area (Å²) in [6.07, 6.45) is 3.23. The number of hydrogen-bond acceptors (Lipinski definition) is 6. The molecular formula is C19H23FN4O4S. The molecule has 1 fully saturated rings. The van der Waals surface area contributed by atoms with Crippen molar-refractivity contribution in [3.63, 3.8) is 0 Å². The summed E-state index contributed by atoms with van der Waals surface area (Å²) in [7, 11) is -3.03. The number of aromatic nitrogens is 1. The van der Waals surface area contributed by atoms with Crippen LogP contribution in [0.4, 0.5) is 4.39 Å². The van der Waals surface area contributed by atoms with Crippen LogP contribution in [0.3, 0.4) is 0 Å². The van der Waals surface area contributed by atoms with Gasteiger partial charge in [0.25, 0.3) is 0 Å². The van der Waals surface area contributed by atoms with Crippen molar-refractivity contribution < 1.29 is 22.3 Å². The van der Waals surface area contributed by atoms with Crippen LogP contribution in [0, 0.1) is 5.82 Å². The maximum absolute atomic E-state index is 14.3. The van der Waals surface area contributed by atoms with E-state index >= 15 is 0 Å². The van der Waals surface area contributed by atoms with Crippen LogP contribution in [-0.2, 0) is 14.8 Å². The Morgan fingerprint density at radius 2 is 2.07 bits per heavy atom. The fourth-order valence-electron chi connectivity index (χ4n) is 3.30. The van der Waals surface area contributed by atoms with Crippen LogP contribution in [0.2, 0.25) is 0 Å². The van der Waals surface area contributed by atoms with Gasteiger partial charge in [-0.2, -0.15) is 4.72 Å². The van der Waals surface area contributed by atoms with Gasteiger partial charge in [0.15, 0.2) is 0 Å². The Bertz CT molecular complexity index is 979. The summed E-state index contributed by atoms with van der Waals surface area (Å²) in [6.45, 7) is 0.896. The summed E-state index contributed by atoms with van der Waals surface area (Å²) in [5, 5.41) is 0. The van der Waals surface area contributed by atoms with E-state index in [1.807, 2.05) is 0 Å². The molecule has 1 atom stereocenters. The molecule has 0 unspecified atom stereocenters. The molecule has 0 spiro atoms. The average Bonchev–Trinajstić information content (AvgIpc) is 3.26. The molecule has 1 aliphatic rings. The molecule has 3 rings (SSSR count). The smallest absolute Gasteiger partial charge is 0.245 e. The Kier molecular flexibility index (Phi) is 6.46. The summed E-state index contributed by atoms with van der Waals surface area (Å²) in [5.41, 5.74) is 6.19. The molecule has 10 heteroatoms. The number of carbonyl (C=O) groups excluding carboxylic acids is 1. The van der Waals surface area contributed by atoms with Gasteiger partial charge in [-0.1, -0.05) is 6.07 Å². The highest BCUT2D eigenvalue weighted by Crippen LogP contribution is 2.35. The normalized spacial score (nSPS) is 15.3. The Morgan fingerprint density at radius 3 is 2.66 bits per heavy atom. The number of carbonyl (C=O) groups is 1. The Hall–Kier alpha value is -2.56. The van der Waals surface area contributed by atoms with Gasteiger partial charge in [0.2, 0.25) is 15.9 Å². The second-order valence-corrected chi connectivity index (χ2v) is 8.32. The zero-order chi connectivity index (χ0) is 21.0. The number of nitrogens with one attached hydrogen (secondary N) is 1. The lowest BCUT2D eigenvalue weighted by Crippen LogP contribution is -2.51. The highest BCUT2D eigenvalue weighted by atomic mass is 32.2. The standard InChI is InChI=1S/C19H23FN4O4S/c1-28-18-14(15-6-2-3-7-22-15)10-13(20)11-17(18)29(26,27)23-16(12-21)19(25)24-8-4-5-9-24/h2-3,6-7,10-11,16,23H,4-5,8-9,12,21H2,1H3/t16-/m0/s1. The zero-order valence-electron chi connectivity index (χ0n) is 16.0. The molecule has 1 aliphatic heterocycles. The van der Waals surface area contributed by atoms with E-state index in [0.29, 0.717) is 18.8 Å². The molecule has 29 heavy (non-hydrogen) atoms. The van der Waals surface area contributed by atoms with Crippen molar-refractivity contribution in [2.45, 2.75) is 23.8 Å². The van der Waals surface area contributed by atoms with Gasteiger partial charge in [-0.3, -0.25) is 9.78 Å². The number of likely N-dealkylation sites (tertiary alicyclic amines) is 1. The van der Waals surface area contributed by atoms with Crippen molar-refractivity contribution in [1.29, 1.82) is 0 Å². The van der Waals surface area contributed by atoms with Crippen molar-refractivity contribution in [3.05, 3.63) is 42.3 Å². The third-order valence-corrected chi connectivity index (χ3v) is 6.18. The van der Waals surface area contributed by atoms with Crippen molar-refractivity contribution in [2.24, 2.45) is 5.73 Å². The van der Waals surface area contributed by atoms with Gasteiger partial charge < -0.3 is 15.4 Å². The number of methoxy groups -OCH3 is 1. The SMILES string of the molecule is COc1c(-c2ccccn2)cc(F)cc1S(=O)(=O)N[C@@H](CN)C(=O)N1CCCC1. The molecule has 2 aromatic rings. The second kappa shape index (κ2) is 8.85. The van der Waals surface area contributed by atoms with E-state index in [-0.39, 0.29) is 17.9 Å². The van der Waals surface area contributed by atoms with Crippen LogP contribution < -0.4 is 15.2 Å². The number of benzene rings is 1. The number of nitrogens with two attached hydrogens (primary N) is 1. The van der Waals surface area contributed by atoms with Crippen molar-refractivity contribution in [1.82, 2.24) is 14.6 Å². The summed E-state index contributed by atoms with van der Waals surface area (Å²) in [4.78, 5) is 17.9. The van der Waals surface area contributed by atoms with E-state index in [9.17, 15) is 17.6 Å². The lowest BCUT2D eigenvalue weighted by atomic mass is 10.1. The third kappa shape index (κ3) is 4.55. The van der Waals surface area contributed by atoms with Crippen LogP contribution in [0.5, 0.6) is 5.75 Å². The monoisotopic (exact) mass is 422 g/mol. The Balaban J connectivity index is 1.99. The fraction of sp³-hybridized carbons (Fsp3) is 0.368. The van der Waals surface area contributed by atoms with E-state index in [0.717, 1.165) is 25.0 Å². The van der Waals surface area contributed by atoms with Gasteiger partial charge in [0, 0.05) is 31.4 Å². The van der Waals surface area contributed by atoms with Crippen molar-refractivity contribution in [2.75, 3.05) is 26.7 Å². The number of halogens is 1. The number of hydrogen-bond donors (Lipinski definition) is 2. The number of ether oxygens (including phenoxy) is 1. The number of amides is 1. The lowest BCUT2D eigenvalue weighted by molar-refractivity contribution is -0.131. The maximum atomic E-state index is 14.3. The number of sulfonamides is 1. The van der Waals surface area contributed by atoms with Crippen molar-refractivity contribution in [3.8, 4) is 17.0 Å². The van der Waals surface area contributed by atoms with E-state index in [2.05, 4.69) is 9.71 Å². The molecule has 0 saturated carbocycles. The Labute approximate surface area is 168 Å². The summed E-state index contributed by atoms with van der Waals surface area (Å²) >= 11 is 0. The lowest BCUT2D eigenvalue weighted by Gasteiger charge is -2.23. The highest BCUT2D eigenvalue weighted by Gasteiger charge is 2.32. The van der Waals surface area contributed by atoms with E-state index in [1.54, 1.807) is 23.1 Å². The topological polar surface area (TPSA) is 115 Å². The van der Waals surface area contributed by atoms with Crippen LogP contribution in [0.25, 0.3) is 11.3 Å². The maximum Gasteiger partial charge on any atom is 0.245 e. The number of nitrogens with zero attached hydrogens (tertiary/aromatic N) is 2. The van der Waals surface area contributed by atoms with Crippen LogP contribution in [0.15, 0.2) is 41.4 Å². The van der Waals surface area contributed by atoms with Crippen LogP contribution in [-0.4, -0.2) is 57.0 Å². The average molecular weight is 422 g/mol. The van der Waals surface area contributed by atoms with Crippen LogP contribution >= 0.6 is 0 Å². The summed E-state index contributed by atoms with van der Waals surface area (Å²) in [5.74, 6) is -1.24. The molecule has 156 valence electrons. The van der Waals surface area contributed by atoms with E-state index in [1.165, 1.54) is 13.3 Å². The van der Waals surface area contributed by atoms with Crippen LogP contribution in [0.1, 0.15) is 12.8 Å². The minimum Gasteiger partial charge on any atom is -0.495 e. The first-order valence-electron chi connectivity index (χ1n) is 9.17. The van der Waals surface area contributed by atoms with Gasteiger partial charge in [-0.15, -0.1) is 0 Å². The molecular weight excluding hydrogens is 399 g/mol. The van der Waals surface area contributed by atoms with E-state index < -0.39 is 32.7 Å². The van der Waals surface area contributed by atoms with E-state index in [4.69, 9.17) is 10.5 Å². The molecule has 1 aromatic heterocycles. The van der Waals surface area contributed by atoms with Gasteiger partial charge >= 0.3 is 0 Å². The molecule has 8 nitrogen and oxygen atoms in total. The molecule has 3 N–H and O–H groups in total. The predicted molar refractivity (Wildman–Crippen MR) is 105 cm³/mol. The zero-order valence-corrected chi connectivity index (χ0v) is 16.8. The molecule has 0 bridgehead atoms. The first kappa shape index (κ1) is 21.2.